The van der Waals surface area contributed by atoms with Crippen LogP contribution in [0.3, 0.4) is 0 Å². The Morgan fingerprint density at radius 3 is 2.52 bits per heavy atom. The van der Waals surface area contributed by atoms with E-state index >= 15 is 0 Å². The lowest BCUT2D eigenvalue weighted by Crippen LogP contribution is -2.19. The van der Waals surface area contributed by atoms with Crippen molar-refractivity contribution in [3.63, 3.8) is 0 Å². The molecule has 0 heterocycles. The number of hydrogen-bond acceptors (Lipinski definition) is 3. The summed E-state index contributed by atoms with van der Waals surface area (Å²) < 4.78 is 0. The van der Waals surface area contributed by atoms with Crippen LogP contribution in [0.25, 0.3) is 0 Å². The number of benzene rings is 2. The van der Waals surface area contributed by atoms with Crippen LogP contribution in [-0.4, -0.2) is 16.1 Å². The van der Waals surface area contributed by atoms with Crippen molar-refractivity contribution in [2.75, 3.05) is 0 Å². The summed E-state index contributed by atoms with van der Waals surface area (Å²) in [5.41, 5.74) is 3.50. The van der Waals surface area contributed by atoms with Crippen LogP contribution in [-0.2, 0) is 13.0 Å². The number of Topliss-reactive ketones (excluding diaryl/α,β-unsaturated/α-hetero) is 1. The second-order valence-corrected chi connectivity index (χ2v) is 5.22. The molecule has 0 unspecified atom stereocenters. The average molecular weight is 279 g/mol. The van der Waals surface area contributed by atoms with Crippen LogP contribution in [0.5, 0.6) is 0 Å². The molecule has 1 aliphatic carbocycles. The van der Waals surface area contributed by atoms with Crippen LogP contribution in [0.15, 0.2) is 66.4 Å². The Bertz CT molecular complexity index is 677. The van der Waals surface area contributed by atoms with Gasteiger partial charge in [0.2, 0.25) is 0 Å². The highest BCUT2D eigenvalue weighted by molar-refractivity contribution is 6.10. The lowest BCUT2D eigenvalue weighted by atomic mass is 9.87. The molecule has 2 aromatic rings. The fourth-order valence-electron chi connectivity index (χ4n) is 2.63. The maximum absolute atomic E-state index is 12.4. The van der Waals surface area contributed by atoms with Gasteiger partial charge in [-0.1, -0.05) is 54.6 Å². The molecule has 106 valence electrons. The van der Waals surface area contributed by atoms with Crippen LogP contribution < -0.4 is 0 Å². The number of carbonyl (C=O) groups is 1. The Kier molecular flexibility index (Phi) is 3.84. The zero-order valence-electron chi connectivity index (χ0n) is 11.7. The van der Waals surface area contributed by atoms with E-state index in [0.717, 1.165) is 28.2 Å². The molecule has 0 bridgehead atoms. The number of carbonyl (C=O) groups excluding carboxylic acids is 1. The number of allylic oxidation sites excluding steroid dienone is 1. The van der Waals surface area contributed by atoms with Gasteiger partial charge in [-0.2, -0.15) is 0 Å². The molecular formula is C18H17NO2. The second kappa shape index (κ2) is 5.94. The summed E-state index contributed by atoms with van der Waals surface area (Å²) in [6.45, 7) is 0.374. The lowest BCUT2D eigenvalue weighted by Gasteiger charge is -2.19. The minimum Gasteiger partial charge on any atom is -0.289 e. The predicted molar refractivity (Wildman–Crippen MR) is 80.9 cm³/mol. The third-order valence-corrected chi connectivity index (χ3v) is 3.71. The molecule has 0 saturated heterocycles. The van der Waals surface area contributed by atoms with Crippen LogP contribution >= 0.6 is 0 Å². The van der Waals surface area contributed by atoms with E-state index in [4.69, 9.17) is 0 Å². The van der Waals surface area contributed by atoms with Crippen LogP contribution in [0.4, 0.5) is 0 Å². The predicted octanol–water partition coefficient (Wildman–Crippen LogP) is 3.59. The molecule has 0 atom stereocenters. The fraction of sp³-hybridized carbons (Fsp3) is 0.167. The Morgan fingerprint density at radius 2 is 1.71 bits per heavy atom. The molecule has 3 heteroatoms. The molecule has 1 aliphatic rings. The number of hydrogen-bond donors (Lipinski definition) is 1. The fourth-order valence-corrected chi connectivity index (χ4v) is 2.63. The highest BCUT2D eigenvalue weighted by Crippen LogP contribution is 2.25. The van der Waals surface area contributed by atoms with Crippen LogP contribution in [0.1, 0.15) is 27.9 Å². The van der Waals surface area contributed by atoms with E-state index < -0.39 is 0 Å². The van der Waals surface area contributed by atoms with Crippen molar-refractivity contribution >= 4 is 5.78 Å². The van der Waals surface area contributed by atoms with Crippen molar-refractivity contribution < 1.29 is 10.0 Å². The lowest BCUT2D eigenvalue weighted by molar-refractivity contribution is -0.0500. The van der Waals surface area contributed by atoms with Gasteiger partial charge in [0, 0.05) is 17.3 Å². The average Bonchev–Trinajstić information content (AvgIpc) is 2.51. The SMILES string of the molecule is O=C1/C(=C\N(O)Cc2ccccc2)CCc2ccccc21. The van der Waals surface area contributed by atoms with Gasteiger partial charge in [0.05, 0.1) is 6.54 Å². The Hall–Kier alpha value is -2.39. The minimum atomic E-state index is 0.0176. The molecule has 0 fully saturated rings. The summed E-state index contributed by atoms with van der Waals surface area (Å²) >= 11 is 0. The Morgan fingerprint density at radius 1 is 1.00 bits per heavy atom. The molecule has 3 rings (SSSR count). The van der Waals surface area contributed by atoms with Crippen molar-refractivity contribution in [3.05, 3.63) is 83.1 Å². The summed E-state index contributed by atoms with van der Waals surface area (Å²) in [6.07, 6.45) is 3.07. The van der Waals surface area contributed by atoms with Crippen LogP contribution in [0.2, 0.25) is 0 Å². The largest absolute Gasteiger partial charge is 0.289 e. The summed E-state index contributed by atoms with van der Waals surface area (Å²) in [6, 6.07) is 17.4. The van der Waals surface area contributed by atoms with Gasteiger partial charge in [0.15, 0.2) is 5.78 Å². The zero-order valence-corrected chi connectivity index (χ0v) is 11.7. The monoisotopic (exact) mass is 279 g/mol. The van der Waals surface area contributed by atoms with Gasteiger partial charge in [0.25, 0.3) is 0 Å². The van der Waals surface area contributed by atoms with Crippen molar-refractivity contribution in [3.8, 4) is 0 Å². The van der Waals surface area contributed by atoms with Gasteiger partial charge in [0.1, 0.15) is 0 Å². The molecule has 0 aliphatic heterocycles. The van der Waals surface area contributed by atoms with Crippen LogP contribution in [0, 0.1) is 0 Å². The molecular weight excluding hydrogens is 262 g/mol. The first kappa shape index (κ1) is 13.6. The van der Waals surface area contributed by atoms with Crippen molar-refractivity contribution in [2.45, 2.75) is 19.4 Å². The van der Waals surface area contributed by atoms with E-state index in [9.17, 15) is 10.0 Å². The van der Waals surface area contributed by atoms with E-state index in [1.807, 2.05) is 54.6 Å². The van der Waals surface area contributed by atoms with Crippen molar-refractivity contribution in [1.82, 2.24) is 5.06 Å². The summed E-state index contributed by atoms with van der Waals surface area (Å²) in [7, 11) is 0. The molecule has 0 aromatic heterocycles. The molecule has 0 amide bonds. The number of ketones is 1. The summed E-state index contributed by atoms with van der Waals surface area (Å²) in [5.74, 6) is 0.0176. The number of rotatable bonds is 3. The molecule has 0 spiro atoms. The third kappa shape index (κ3) is 3.03. The first-order chi connectivity index (χ1) is 10.2. The molecule has 0 radical (unpaired) electrons. The van der Waals surface area contributed by atoms with E-state index in [-0.39, 0.29) is 5.78 Å². The standard InChI is InChI=1S/C18H17NO2/c20-18-16(11-10-15-8-4-5-9-17(15)18)13-19(21)12-14-6-2-1-3-7-14/h1-9,13,21H,10-12H2/b16-13-. The first-order valence-corrected chi connectivity index (χ1v) is 7.07. The maximum Gasteiger partial charge on any atom is 0.190 e. The van der Waals surface area contributed by atoms with E-state index in [1.54, 1.807) is 6.20 Å². The van der Waals surface area contributed by atoms with Gasteiger partial charge in [-0.25, -0.2) is 0 Å². The van der Waals surface area contributed by atoms with Crippen molar-refractivity contribution in [1.29, 1.82) is 0 Å². The molecule has 0 saturated carbocycles. The van der Waals surface area contributed by atoms with E-state index in [2.05, 4.69) is 0 Å². The van der Waals surface area contributed by atoms with Crippen molar-refractivity contribution in [2.24, 2.45) is 0 Å². The second-order valence-electron chi connectivity index (χ2n) is 5.22. The third-order valence-electron chi connectivity index (χ3n) is 3.71. The topological polar surface area (TPSA) is 40.5 Å². The van der Waals surface area contributed by atoms with Gasteiger partial charge >= 0.3 is 0 Å². The van der Waals surface area contributed by atoms with Gasteiger partial charge in [-0.05, 0) is 24.0 Å². The smallest absolute Gasteiger partial charge is 0.190 e. The quantitative estimate of drug-likeness (QED) is 0.689. The van der Waals surface area contributed by atoms with E-state index in [1.165, 1.54) is 0 Å². The first-order valence-electron chi connectivity index (χ1n) is 7.07. The number of hydroxylamine groups is 2. The number of nitrogens with zero attached hydrogens (tertiary/aromatic N) is 1. The number of fused-ring (bicyclic) bond motifs is 1. The van der Waals surface area contributed by atoms with E-state index in [0.29, 0.717) is 18.5 Å². The normalized spacial score (nSPS) is 15.9. The molecule has 21 heavy (non-hydrogen) atoms. The summed E-state index contributed by atoms with van der Waals surface area (Å²) in [5, 5.41) is 11.1. The molecule has 1 N–H and O–H groups in total. The van der Waals surface area contributed by atoms with Gasteiger partial charge < -0.3 is 0 Å². The zero-order chi connectivity index (χ0) is 14.7. The maximum atomic E-state index is 12.4. The minimum absolute atomic E-state index is 0.0176. The summed E-state index contributed by atoms with van der Waals surface area (Å²) in [4.78, 5) is 12.4. The van der Waals surface area contributed by atoms with Gasteiger partial charge in [-0.3, -0.25) is 15.1 Å². The Balaban J connectivity index is 1.77. The highest BCUT2D eigenvalue weighted by atomic mass is 16.5. The molecule has 3 nitrogen and oxygen atoms in total. The molecule has 2 aromatic carbocycles. The van der Waals surface area contributed by atoms with Gasteiger partial charge in [-0.15, -0.1) is 0 Å². The number of aryl methyl sites for hydroxylation is 1. The Labute approximate surface area is 124 Å². The highest BCUT2D eigenvalue weighted by Gasteiger charge is 2.21.